The lowest BCUT2D eigenvalue weighted by molar-refractivity contribution is 0.324. The van der Waals surface area contributed by atoms with E-state index in [-0.39, 0.29) is 5.41 Å². The normalized spacial score (nSPS) is 18.4. The Morgan fingerprint density at radius 1 is 1.29 bits per heavy atom. The van der Waals surface area contributed by atoms with Gasteiger partial charge in [-0.15, -0.1) is 0 Å². The first-order chi connectivity index (χ1) is 6.68. The molecule has 0 N–H and O–H groups in total. The number of nitriles is 1. The molecule has 0 aromatic heterocycles. The minimum Gasteiger partial charge on any atom is -0.197 e. The van der Waals surface area contributed by atoms with E-state index in [1.54, 1.807) is 12.1 Å². The van der Waals surface area contributed by atoms with Crippen LogP contribution in [0.3, 0.4) is 0 Å². The van der Waals surface area contributed by atoms with Crippen molar-refractivity contribution in [1.82, 2.24) is 0 Å². The van der Waals surface area contributed by atoms with E-state index in [1.165, 1.54) is 0 Å². The van der Waals surface area contributed by atoms with Crippen LogP contribution in [0.4, 0.5) is 0 Å². The Labute approximate surface area is 93.2 Å². The van der Waals surface area contributed by atoms with Gasteiger partial charge < -0.3 is 0 Å². The van der Waals surface area contributed by atoms with Crippen molar-refractivity contribution in [2.45, 2.75) is 24.7 Å². The molecule has 1 aromatic carbocycles. The van der Waals surface area contributed by atoms with Crippen molar-refractivity contribution in [3.63, 3.8) is 0 Å². The summed E-state index contributed by atoms with van der Waals surface area (Å²) < 4.78 is 0. The first-order valence-corrected chi connectivity index (χ1v) is 5.30. The molecule has 0 bridgehead atoms. The summed E-state index contributed by atoms with van der Waals surface area (Å²) in [5.41, 5.74) is 0.516. The highest BCUT2D eigenvalue weighted by molar-refractivity contribution is 6.33. The van der Waals surface area contributed by atoms with Crippen molar-refractivity contribution < 1.29 is 0 Å². The summed E-state index contributed by atoms with van der Waals surface area (Å²) in [4.78, 5) is 0. The highest BCUT2D eigenvalue weighted by Gasteiger charge is 2.40. The van der Waals surface area contributed by atoms with Crippen LogP contribution in [0.25, 0.3) is 0 Å². The maximum absolute atomic E-state index is 9.15. The molecule has 1 aliphatic rings. The van der Waals surface area contributed by atoms with Crippen LogP contribution in [0, 0.1) is 11.3 Å². The maximum Gasteiger partial charge on any atom is 0.0837 e. The van der Waals surface area contributed by atoms with Crippen molar-refractivity contribution in [2.24, 2.45) is 0 Å². The van der Waals surface area contributed by atoms with Crippen LogP contribution in [0.2, 0.25) is 10.0 Å². The second kappa shape index (κ2) is 3.46. The van der Waals surface area contributed by atoms with Crippen molar-refractivity contribution in [2.75, 3.05) is 0 Å². The SMILES string of the molecule is N#CC1(c2cc(Cl)ccc2Cl)CCC1. The van der Waals surface area contributed by atoms with E-state index < -0.39 is 0 Å². The fourth-order valence-corrected chi connectivity index (χ4v) is 2.31. The molecule has 0 saturated heterocycles. The number of nitrogens with zero attached hydrogens (tertiary/aromatic N) is 1. The van der Waals surface area contributed by atoms with Gasteiger partial charge in [0.05, 0.1) is 11.5 Å². The first kappa shape index (κ1) is 9.83. The Bertz CT molecular complexity index is 402. The Morgan fingerprint density at radius 3 is 2.50 bits per heavy atom. The van der Waals surface area contributed by atoms with E-state index in [2.05, 4.69) is 6.07 Å². The number of halogens is 2. The molecule has 14 heavy (non-hydrogen) atoms. The molecule has 1 aromatic rings. The summed E-state index contributed by atoms with van der Waals surface area (Å²) in [5.74, 6) is 0. The van der Waals surface area contributed by atoms with E-state index in [9.17, 15) is 0 Å². The predicted molar refractivity (Wildman–Crippen MR) is 57.6 cm³/mol. The highest BCUT2D eigenvalue weighted by atomic mass is 35.5. The molecule has 0 aliphatic heterocycles. The predicted octanol–water partition coefficient (Wildman–Crippen LogP) is 3.94. The molecule has 72 valence electrons. The molecule has 0 spiro atoms. The number of hydrogen-bond acceptors (Lipinski definition) is 1. The zero-order chi connectivity index (χ0) is 10.2. The van der Waals surface area contributed by atoms with Crippen LogP contribution in [-0.4, -0.2) is 0 Å². The second-order valence-corrected chi connectivity index (χ2v) is 4.52. The molecule has 0 heterocycles. The summed E-state index contributed by atoms with van der Waals surface area (Å²) in [6, 6.07) is 7.68. The second-order valence-electron chi connectivity index (χ2n) is 3.67. The minimum absolute atomic E-state index is 0.373. The summed E-state index contributed by atoms with van der Waals surface area (Å²) in [6.45, 7) is 0. The third-order valence-corrected chi connectivity index (χ3v) is 3.43. The Morgan fingerprint density at radius 2 is 2.00 bits per heavy atom. The third kappa shape index (κ3) is 1.39. The molecule has 1 fully saturated rings. The molecular weight excluding hydrogens is 217 g/mol. The highest BCUT2D eigenvalue weighted by Crippen LogP contribution is 2.46. The summed E-state index contributed by atoms with van der Waals surface area (Å²) >= 11 is 12.0. The quantitative estimate of drug-likeness (QED) is 0.711. The van der Waals surface area contributed by atoms with E-state index in [0.717, 1.165) is 24.8 Å². The lowest BCUT2D eigenvalue weighted by Gasteiger charge is -2.36. The molecule has 2 rings (SSSR count). The van der Waals surface area contributed by atoms with Crippen LogP contribution in [0.1, 0.15) is 24.8 Å². The summed E-state index contributed by atoms with van der Waals surface area (Å²) in [5, 5.41) is 10.4. The number of benzene rings is 1. The van der Waals surface area contributed by atoms with Crippen molar-refractivity contribution in [3.8, 4) is 6.07 Å². The van der Waals surface area contributed by atoms with Gasteiger partial charge in [0.15, 0.2) is 0 Å². The molecule has 3 heteroatoms. The van der Waals surface area contributed by atoms with Gasteiger partial charge in [-0.1, -0.05) is 23.2 Å². The van der Waals surface area contributed by atoms with Gasteiger partial charge in [0, 0.05) is 10.0 Å². The minimum atomic E-state index is -0.373. The van der Waals surface area contributed by atoms with Crippen LogP contribution >= 0.6 is 23.2 Å². The van der Waals surface area contributed by atoms with Crippen molar-refractivity contribution in [3.05, 3.63) is 33.8 Å². The molecule has 1 nitrogen and oxygen atoms in total. The molecular formula is C11H9Cl2N. The van der Waals surface area contributed by atoms with Gasteiger partial charge in [-0.05, 0) is 43.0 Å². The number of rotatable bonds is 1. The zero-order valence-electron chi connectivity index (χ0n) is 7.56. The van der Waals surface area contributed by atoms with Gasteiger partial charge in [-0.25, -0.2) is 0 Å². The Hall–Kier alpha value is -0.710. The summed E-state index contributed by atoms with van der Waals surface area (Å²) in [6.07, 6.45) is 2.88. The van der Waals surface area contributed by atoms with E-state index in [0.29, 0.717) is 10.0 Å². The Kier molecular flexibility index (Phi) is 2.43. The van der Waals surface area contributed by atoms with E-state index >= 15 is 0 Å². The monoisotopic (exact) mass is 225 g/mol. The van der Waals surface area contributed by atoms with Crippen LogP contribution < -0.4 is 0 Å². The Balaban J connectivity index is 2.50. The molecule has 0 atom stereocenters. The fraction of sp³-hybridized carbons (Fsp3) is 0.364. The van der Waals surface area contributed by atoms with Gasteiger partial charge >= 0.3 is 0 Å². The first-order valence-electron chi connectivity index (χ1n) is 4.55. The van der Waals surface area contributed by atoms with Gasteiger partial charge in [-0.2, -0.15) is 5.26 Å². The van der Waals surface area contributed by atoms with E-state index in [1.807, 2.05) is 6.07 Å². The molecule has 0 amide bonds. The van der Waals surface area contributed by atoms with Gasteiger partial charge in [0.25, 0.3) is 0 Å². The topological polar surface area (TPSA) is 23.8 Å². The van der Waals surface area contributed by atoms with Crippen LogP contribution in [-0.2, 0) is 5.41 Å². The molecule has 0 unspecified atom stereocenters. The molecule has 0 radical (unpaired) electrons. The van der Waals surface area contributed by atoms with Crippen LogP contribution in [0.15, 0.2) is 18.2 Å². The third-order valence-electron chi connectivity index (χ3n) is 2.87. The van der Waals surface area contributed by atoms with E-state index in [4.69, 9.17) is 28.5 Å². The number of hydrogen-bond donors (Lipinski definition) is 0. The molecule has 1 saturated carbocycles. The van der Waals surface area contributed by atoms with Gasteiger partial charge in [-0.3, -0.25) is 0 Å². The van der Waals surface area contributed by atoms with Gasteiger partial charge in [0.2, 0.25) is 0 Å². The van der Waals surface area contributed by atoms with Crippen molar-refractivity contribution in [1.29, 1.82) is 5.26 Å². The van der Waals surface area contributed by atoms with Crippen LogP contribution in [0.5, 0.6) is 0 Å². The lowest BCUT2D eigenvalue weighted by atomic mass is 9.65. The average Bonchev–Trinajstić information content (AvgIpc) is 2.10. The lowest BCUT2D eigenvalue weighted by Crippen LogP contribution is -2.32. The maximum atomic E-state index is 9.15. The zero-order valence-corrected chi connectivity index (χ0v) is 9.07. The average molecular weight is 226 g/mol. The smallest absolute Gasteiger partial charge is 0.0837 e. The van der Waals surface area contributed by atoms with Gasteiger partial charge in [0.1, 0.15) is 0 Å². The van der Waals surface area contributed by atoms with Crippen molar-refractivity contribution >= 4 is 23.2 Å². The largest absolute Gasteiger partial charge is 0.197 e. The summed E-state index contributed by atoms with van der Waals surface area (Å²) in [7, 11) is 0. The fourth-order valence-electron chi connectivity index (χ4n) is 1.84. The standard InChI is InChI=1S/C11H9Cl2N/c12-8-2-3-10(13)9(6-8)11(7-14)4-1-5-11/h2-3,6H,1,4-5H2. The molecule has 1 aliphatic carbocycles.